The monoisotopic (exact) mass is 258 g/mol. The van der Waals surface area contributed by atoms with E-state index in [4.69, 9.17) is 5.73 Å². The van der Waals surface area contributed by atoms with E-state index >= 15 is 0 Å². The Morgan fingerprint density at radius 3 is 2.61 bits per heavy atom. The molecule has 1 heterocycles. The molecule has 0 aliphatic rings. The lowest BCUT2D eigenvalue weighted by Crippen LogP contribution is -2.17. The zero-order valence-corrected chi connectivity index (χ0v) is 11.6. The summed E-state index contributed by atoms with van der Waals surface area (Å²) in [5, 5.41) is 1.03. The molecule has 2 N–H and O–H groups in total. The van der Waals surface area contributed by atoms with Crippen molar-refractivity contribution in [3.8, 4) is 0 Å². The van der Waals surface area contributed by atoms with Gasteiger partial charge in [0.1, 0.15) is 5.03 Å². The standard InChI is InChI=1S/C15H18N2S/c1-11-5-3-4-6-14(11)18-15-8-7-13(10-17-15)9-12(2)16/h3-8,10,12H,9,16H2,1-2H3. The molecule has 2 rings (SSSR count). The zero-order chi connectivity index (χ0) is 13.0. The third-order valence-corrected chi connectivity index (χ3v) is 3.79. The highest BCUT2D eigenvalue weighted by atomic mass is 32.2. The van der Waals surface area contributed by atoms with Crippen molar-refractivity contribution in [3.05, 3.63) is 53.7 Å². The Balaban J connectivity index is 2.09. The number of aromatic nitrogens is 1. The predicted molar refractivity (Wildman–Crippen MR) is 76.9 cm³/mol. The number of hydrogen-bond donors (Lipinski definition) is 1. The minimum absolute atomic E-state index is 0.182. The van der Waals surface area contributed by atoms with Gasteiger partial charge in [0.15, 0.2) is 0 Å². The average Bonchev–Trinajstić information content (AvgIpc) is 2.34. The molecule has 1 unspecified atom stereocenters. The van der Waals surface area contributed by atoms with Crippen molar-refractivity contribution < 1.29 is 0 Å². The number of nitrogens with two attached hydrogens (primary N) is 1. The molecular formula is C15H18N2S. The van der Waals surface area contributed by atoms with Crippen LogP contribution in [0.5, 0.6) is 0 Å². The van der Waals surface area contributed by atoms with Crippen molar-refractivity contribution in [2.45, 2.75) is 36.2 Å². The number of rotatable bonds is 4. The number of hydrogen-bond acceptors (Lipinski definition) is 3. The topological polar surface area (TPSA) is 38.9 Å². The maximum Gasteiger partial charge on any atom is 0.101 e. The van der Waals surface area contributed by atoms with Gasteiger partial charge in [-0.15, -0.1) is 0 Å². The van der Waals surface area contributed by atoms with Gasteiger partial charge in [0.05, 0.1) is 0 Å². The minimum atomic E-state index is 0.182. The molecule has 1 atom stereocenters. The van der Waals surface area contributed by atoms with Crippen LogP contribution in [0.25, 0.3) is 0 Å². The van der Waals surface area contributed by atoms with E-state index in [9.17, 15) is 0 Å². The van der Waals surface area contributed by atoms with Crippen LogP contribution in [-0.2, 0) is 6.42 Å². The SMILES string of the molecule is Cc1ccccc1Sc1ccc(CC(C)N)cn1. The fourth-order valence-electron chi connectivity index (χ4n) is 1.75. The number of benzene rings is 1. The first-order valence-corrected chi connectivity index (χ1v) is 6.91. The molecule has 2 nitrogen and oxygen atoms in total. The summed E-state index contributed by atoms with van der Waals surface area (Å²) in [6.07, 6.45) is 2.80. The maximum absolute atomic E-state index is 5.77. The first kappa shape index (κ1) is 13.1. The maximum atomic E-state index is 5.77. The van der Waals surface area contributed by atoms with Gasteiger partial charge < -0.3 is 5.73 Å². The summed E-state index contributed by atoms with van der Waals surface area (Å²) in [6, 6.07) is 12.7. The summed E-state index contributed by atoms with van der Waals surface area (Å²) >= 11 is 1.70. The van der Waals surface area contributed by atoms with Gasteiger partial charge in [-0.1, -0.05) is 36.0 Å². The molecule has 2 aromatic rings. The van der Waals surface area contributed by atoms with E-state index in [1.54, 1.807) is 11.8 Å². The fourth-order valence-corrected chi connectivity index (χ4v) is 2.59. The highest BCUT2D eigenvalue weighted by Crippen LogP contribution is 2.28. The van der Waals surface area contributed by atoms with Crippen LogP contribution in [-0.4, -0.2) is 11.0 Å². The van der Waals surface area contributed by atoms with Crippen LogP contribution in [0, 0.1) is 6.92 Å². The van der Waals surface area contributed by atoms with E-state index in [0.29, 0.717) is 0 Å². The van der Waals surface area contributed by atoms with E-state index in [1.807, 2.05) is 13.1 Å². The second-order valence-electron chi connectivity index (χ2n) is 4.55. The van der Waals surface area contributed by atoms with Gasteiger partial charge in [-0.25, -0.2) is 4.98 Å². The van der Waals surface area contributed by atoms with Crippen molar-refractivity contribution >= 4 is 11.8 Å². The molecule has 0 saturated heterocycles. The summed E-state index contributed by atoms with van der Waals surface area (Å²) < 4.78 is 0. The van der Waals surface area contributed by atoms with Gasteiger partial charge in [0.25, 0.3) is 0 Å². The van der Waals surface area contributed by atoms with E-state index < -0.39 is 0 Å². The predicted octanol–water partition coefficient (Wildman–Crippen LogP) is 3.43. The molecule has 0 fully saturated rings. The lowest BCUT2D eigenvalue weighted by atomic mass is 10.1. The molecule has 1 aromatic heterocycles. The van der Waals surface area contributed by atoms with Crippen LogP contribution in [0.2, 0.25) is 0 Å². The first-order valence-electron chi connectivity index (χ1n) is 6.09. The Morgan fingerprint density at radius 1 is 1.22 bits per heavy atom. The zero-order valence-electron chi connectivity index (χ0n) is 10.8. The summed E-state index contributed by atoms with van der Waals surface area (Å²) in [7, 11) is 0. The van der Waals surface area contributed by atoms with Gasteiger partial charge in [-0.3, -0.25) is 0 Å². The Labute approximate surface area is 113 Å². The second-order valence-corrected chi connectivity index (χ2v) is 5.62. The van der Waals surface area contributed by atoms with Gasteiger partial charge in [0, 0.05) is 17.1 Å². The highest BCUT2D eigenvalue weighted by Gasteiger charge is 2.03. The van der Waals surface area contributed by atoms with Crippen LogP contribution in [0.15, 0.2) is 52.5 Å². The number of pyridine rings is 1. The molecule has 0 spiro atoms. The third-order valence-electron chi connectivity index (χ3n) is 2.66. The highest BCUT2D eigenvalue weighted by molar-refractivity contribution is 7.99. The molecule has 0 amide bonds. The smallest absolute Gasteiger partial charge is 0.101 e. The van der Waals surface area contributed by atoms with E-state index in [2.05, 4.69) is 48.3 Å². The van der Waals surface area contributed by atoms with Gasteiger partial charge in [-0.2, -0.15) is 0 Å². The van der Waals surface area contributed by atoms with Crippen LogP contribution in [0.3, 0.4) is 0 Å². The van der Waals surface area contributed by atoms with Gasteiger partial charge in [-0.05, 0) is 43.5 Å². The molecule has 3 heteroatoms. The van der Waals surface area contributed by atoms with Gasteiger partial charge in [0.2, 0.25) is 0 Å². The van der Waals surface area contributed by atoms with Crippen LogP contribution in [0.1, 0.15) is 18.1 Å². The Hall–Kier alpha value is -1.32. The lowest BCUT2D eigenvalue weighted by molar-refractivity contribution is 0.734. The minimum Gasteiger partial charge on any atom is -0.328 e. The van der Waals surface area contributed by atoms with Crippen LogP contribution < -0.4 is 5.73 Å². The Kier molecular flexibility index (Phi) is 4.39. The molecule has 0 saturated carbocycles. The molecule has 94 valence electrons. The molecular weight excluding hydrogens is 240 g/mol. The quantitative estimate of drug-likeness (QED) is 0.913. The second kappa shape index (κ2) is 6.03. The number of nitrogens with zero attached hydrogens (tertiary/aromatic N) is 1. The molecule has 18 heavy (non-hydrogen) atoms. The van der Waals surface area contributed by atoms with Gasteiger partial charge >= 0.3 is 0 Å². The largest absolute Gasteiger partial charge is 0.328 e. The van der Waals surface area contributed by atoms with Crippen LogP contribution in [0.4, 0.5) is 0 Å². The van der Waals surface area contributed by atoms with E-state index in [0.717, 1.165) is 11.4 Å². The van der Waals surface area contributed by atoms with Crippen molar-refractivity contribution in [2.75, 3.05) is 0 Å². The van der Waals surface area contributed by atoms with E-state index in [-0.39, 0.29) is 6.04 Å². The Morgan fingerprint density at radius 2 is 2.00 bits per heavy atom. The van der Waals surface area contributed by atoms with Crippen molar-refractivity contribution in [1.29, 1.82) is 0 Å². The molecule has 0 bridgehead atoms. The number of aryl methyl sites for hydroxylation is 1. The average molecular weight is 258 g/mol. The van der Waals surface area contributed by atoms with Crippen molar-refractivity contribution in [2.24, 2.45) is 5.73 Å². The van der Waals surface area contributed by atoms with E-state index in [1.165, 1.54) is 16.0 Å². The summed E-state index contributed by atoms with van der Waals surface area (Å²) in [5.74, 6) is 0. The van der Waals surface area contributed by atoms with Crippen molar-refractivity contribution in [1.82, 2.24) is 4.98 Å². The first-order chi connectivity index (χ1) is 8.65. The Bertz CT molecular complexity index is 506. The molecule has 0 radical (unpaired) electrons. The summed E-state index contributed by atoms with van der Waals surface area (Å²) in [6.45, 7) is 4.13. The van der Waals surface area contributed by atoms with Crippen molar-refractivity contribution in [3.63, 3.8) is 0 Å². The fraction of sp³-hybridized carbons (Fsp3) is 0.267. The molecule has 0 aliphatic carbocycles. The molecule has 0 aliphatic heterocycles. The lowest BCUT2D eigenvalue weighted by Gasteiger charge is -2.07. The van der Waals surface area contributed by atoms with Crippen LogP contribution >= 0.6 is 11.8 Å². The normalized spacial score (nSPS) is 12.4. The summed E-state index contributed by atoms with van der Waals surface area (Å²) in [4.78, 5) is 5.73. The molecule has 1 aromatic carbocycles. The third kappa shape index (κ3) is 3.59. The summed E-state index contributed by atoms with van der Waals surface area (Å²) in [5.41, 5.74) is 8.25.